The number of benzene rings is 9. The van der Waals surface area contributed by atoms with E-state index in [4.69, 9.17) is 4.98 Å². The first kappa shape index (κ1) is 48.9. The SMILES string of the molecule is Cc1cc2c3c(c1)N(c1ccc(C(C)(C)C)cc1-c1ccccc1)c1ccc(-c4ccccc4)cc1B3c1ccc(N3c4ccc(-c5ccccn5)cc4C4(C)CCc5ccccc5C34C)cc1N2c1ccc(C(C)(C)C)cc1. The first-order valence-electron chi connectivity index (χ1n) is 28.4. The van der Waals surface area contributed by atoms with E-state index in [9.17, 15) is 0 Å². The lowest BCUT2D eigenvalue weighted by molar-refractivity contribution is 0.245. The van der Waals surface area contributed by atoms with Crippen molar-refractivity contribution in [2.45, 2.75) is 96.9 Å². The molecule has 0 spiro atoms. The molecule has 0 saturated heterocycles. The third kappa shape index (κ3) is 7.52. The molecule has 14 rings (SSSR count). The van der Waals surface area contributed by atoms with Gasteiger partial charge in [-0.2, -0.15) is 0 Å². The first-order valence-corrected chi connectivity index (χ1v) is 28.4. The number of hydrogen-bond acceptors (Lipinski definition) is 4. The molecule has 9 aromatic carbocycles. The van der Waals surface area contributed by atoms with Crippen molar-refractivity contribution >= 4 is 68.6 Å². The second kappa shape index (κ2) is 17.8. The highest BCUT2D eigenvalue weighted by molar-refractivity contribution is 7.00. The Labute approximate surface area is 468 Å². The Morgan fingerprint density at radius 3 is 1.81 bits per heavy atom. The Bertz CT molecular complexity index is 4040. The number of aryl methyl sites for hydroxylation is 2. The van der Waals surface area contributed by atoms with Crippen LogP contribution in [0.15, 0.2) is 219 Å². The summed E-state index contributed by atoms with van der Waals surface area (Å²) in [7, 11) is 0. The van der Waals surface area contributed by atoms with E-state index in [1.165, 1.54) is 112 Å². The summed E-state index contributed by atoms with van der Waals surface area (Å²) in [6, 6.07) is 80.9. The Balaban J connectivity index is 1.05. The smallest absolute Gasteiger partial charge is 0.252 e. The summed E-state index contributed by atoms with van der Waals surface area (Å²) in [4.78, 5) is 12.8. The summed E-state index contributed by atoms with van der Waals surface area (Å²) < 4.78 is 0. The fraction of sp³-hybridized carbons (Fsp3) is 0.203. The van der Waals surface area contributed by atoms with Crippen molar-refractivity contribution in [2.24, 2.45) is 0 Å². The van der Waals surface area contributed by atoms with Gasteiger partial charge in [0.05, 0.1) is 16.9 Å². The van der Waals surface area contributed by atoms with Gasteiger partial charge in [0.15, 0.2) is 0 Å². The summed E-state index contributed by atoms with van der Waals surface area (Å²) in [6.45, 7) is 21.1. The highest BCUT2D eigenvalue weighted by atomic mass is 15.3. The molecule has 1 aliphatic carbocycles. The fourth-order valence-corrected chi connectivity index (χ4v) is 14.2. The third-order valence-electron chi connectivity index (χ3n) is 18.5. The van der Waals surface area contributed by atoms with Crippen LogP contribution in [0.3, 0.4) is 0 Å². The second-order valence-corrected chi connectivity index (χ2v) is 25.2. The number of rotatable bonds is 6. The number of hydrogen-bond donors (Lipinski definition) is 0. The summed E-state index contributed by atoms with van der Waals surface area (Å²) in [5.74, 6) is 0. The van der Waals surface area contributed by atoms with Crippen molar-refractivity contribution in [1.82, 2.24) is 4.98 Å². The van der Waals surface area contributed by atoms with Crippen molar-refractivity contribution in [3.63, 3.8) is 0 Å². The number of fused-ring (bicyclic) bond motifs is 9. The molecule has 10 aromatic rings. The normalized spacial score (nSPS) is 17.8. The predicted molar refractivity (Wildman–Crippen MR) is 335 cm³/mol. The van der Waals surface area contributed by atoms with Gasteiger partial charge in [-0.3, -0.25) is 4.98 Å². The second-order valence-electron chi connectivity index (χ2n) is 25.2. The summed E-state index contributed by atoms with van der Waals surface area (Å²) in [5.41, 5.74) is 27.9. The minimum absolute atomic E-state index is 0.00324. The van der Waals surface area contributed by atoms with Crippen molar-refractivity contribution in [3.8, 4) is 33.5 Å². The minimum Gasteiger partial charge on any atom is -0.330 e. The van der Waals surface area contributed by atoms with Gasteiger partial charge in [-0.05, 0) is 183 Å². The maximum absolute atomic E-state index is 4.85. The maximum atomic E-state index is 4.85. The van der Waals surface area contributed by atoms with Crippen molar-refractivity contribution < 1.29 is 0 Å². The van der Waals surface area contributed by atoms with Crippen LogP contribution in [-0.2, 0) is 28.2 Å². The van der Waals surface area contributed by atoms with Crippen LogP contribution in [0.1, 0.15) is 95.2 Å². The van der Waals surface area contributed by atoms with E-state index in [1.807, 2.05) is 12.3 Å². The highest BCUT2D eigenvalue weighted by Gasteiger charge is 2.60. The number of pyridine rings is 1. The van der Waals surface area contributed by atoms with E-state index in [-0.39, 0.29) is 23.0 Å². The molecule has 386 valence electrons. The monoisotopic (exact) mass is 1020 g/mol. The molecule has 3 aliphatic heterocycles. The Kier molecular flexibility index (Phi) is 11.0. The molecule has 4 heterocycles. The summed E-state index contributed by atoms with van der Waals surface area (Å²) >= 11 is 0. The van der Waals surface area contributed by atoms with Crippen LogP contribution in [0, 0.1) is 6.92 Å². The predicted octanol–water partition coefficient (Wildman–Crippen LogP) is 17.3. The van der Waals surface area contributed by atoms with E-state index >= 15 is 0 Å². The highest BCUT2D eigenvalue weighted by Crippen LogP contribution is 2.64. The standard InChI is InChI=1S/C74H67BN4/c1-48-42-68-70-69(43-48)78(64-38-31-55(72(5,6)7)46-58(64)50-22-14-11-15-23-50)66-37-27-52(49-20-12-10-13-21-49)45-62(66)75(70)61-35-34-57(47-67(61)77(68)56-32-29-54(30-33-56)71(2,3)4)79-65-36-28-53(63-26-18-19-41-76-63)44-60(65)73(8)40-39-51-24-16-17-25-59(51)74(73,79)9/h10-38,41-47H,39-40H2,1-9H3. The molecular weight excluding hydrogens is 956 g/mol. The maximum Gasteiger partial charge on any atom is 0.252 e. The topological polar surface area (TPSA) is 22.6 Å². The van der Waals surface area contributed by atoms with E-state index in [0.29, 0.717) is 0 Å². The number of aromatic nitrogens is 1. The van der Waals surface area contributed by atoms with Crippen LogP contribution >= 0.6 is 0 Å². The lowest BCUT2D eigenvalue weighted by atomic mass is 9.33. The quantitative estimate of drug-likeness (QED) is 0.155. The molecule has 2 unspecified atom stereocenters. The molecule has 0 amide bonds. The Hall–Kier alpha value is -8.41. The molecule has 0 bridgehead atoms. The van der Waals surface area contributed by atoms with Gasteiger partial charge in [-0.25, -0.2) is 0 Å². The molecule has 4 aliphatic rings. The van der Waals surface area contributed by atoms with Crippen molar-refractivity contribution in [1.29, 1.82) is 0 Å². The third-order valence-corrected chi connectivity index (χ3v) is 18.5. The molecule has 0 N–H and O–H groups in total. The average molecular weight is 1020 g/mol. The lowest BCUT2D eigenvalue weighted by Gasteiger charge is -2.51. The molecule has 0 fully saturated rings. The van der Waals surface area contributed by atoms with Gasteiger partial charge in [0.2, 0.25) is 0 Å². The van der Waals surface area contributed by atoms with Crippen LogP contribution in [0.4, 0.5) is 45.5 Å². The molecule has 5 heteroatoms. The zero-order valence-electron chi connectivity index (χ0n) is 47.1. The van der Waals surface area contributed by atoms with E-state index in [2.05, 4.69) is 283 Å². The van der Waals surface area contributed by atoms with E-state index in [1.54, 1.807) is 0 Å². The average Bonchev–Trinajstić information content (AvgIpc) is 2.17. The van der Waals surface area contributed by atoms with E-state index in [0.717, 1.165) is 29.8 Å². The van der Waals surface area contributed by atoms with Crippen LogP contribution in [0.5, 0.6) is 0 Å². The minimum atomic E-state index is -0.405. The molecule has 0 radical (unpaired) electrons. The molecule has 1 aromatic heterocycles. The van der Waals surface area contributed by atoms with Gasteiger partial charge < -0.3 is 14.7 Å². The lowest BCUT2D eigenvalue weighted by Crippen LogP contribution is -2.61. The summed E-state index contributed by atoms with van der Waals surface area (Å²) in [6.07, 6.45) is 3.97. The van der Waals surface area contributed by atoms with Crippen LogP contribution in [0.25, 0.3) is 33.5 Å². The van der Waals surface area contributed by atoms with Gasteiger partial charge in [0.25, 0.3) is 6.71 Å². The van der Waals surface area contributed by atoms with E-state index < -0.39 is 5.54 Å². The Morgan fingerprint density at radius 2 is 1.09 bits per heavy atom. The Morgan fingerprint density at radius 1 is 0.456 bits per heavy atom. The van der Waals surface area contributed by atoms with Crippen LogP contribution in [-0.4, -0.2) is 11.7 Å². The first-order chi connectivity index (χ1) is 38.1. The zero-order chi connectivity index (χ0) is 54.2. The molecular formula is C74H67BN4. The fourth-order valence-electron chi connectivity index (χ4n) is 14.2. The van der Waals surface area contributed by atoms with Gasteiger partial charge >= 0.3 is 0 Å². The zero-order valence-corrected chi connectivity index (χ0v) is 47.1. The number of anilines is 8. The largest absolute Gasteiger partial charge is 0.330 e. The molecule has 2 atom stereocenters. The van der Waals surface area contributed by atoms with Crippen LogP contribution < -0.4 is 31.1 Å². The molecule has 4 nitrogen and oxygen atoms in total. The summed E-state index contributed by atoms with van der Waals surface area (Å²) in [5, 5.41) is 0. The van der Waals surface area contributed by atoms with Crippen molar-refractivity contribution in [3.05, 3.63) is 252 Å². The van der Waals surface area contributed by atoms with Crippen molar-refractivity contribution in [2.75, 3.05) is 14.7 Å². The molecule has 0 saturated carbocycles. The van der Waals surface area contributed by atoms with Gasteiger partial charge in [-0.15, -0.1) is 0 Å². The van der Waals surface area contributed by atoms with Crippen LogP contribution in [0.2, 0.25) is 0 Å². The number of nitrogens with zero attached hydrogens (tertiary/aromatic N) is 4. The molecule has 79 heavy (non-hydrogen) atoms. The van der Waals surface area contributed by atoms with Gasteiger partial charge in [0, 0.05) is 62.6 Å². The van der Waals surface area contributed by atoms with Gasteiger partial charge in [-0.1, -0.05) is 182 Å². The van der Waals surface area contributed by atoms with Gasteiger partial charge in [0.1, 0.15) is 0 Å².